The van der Waals surface area contributed by atoms with Crippen molar-refractivity contribution in [1.82, 2.24) is 25.0 Å². The number of pyridine rings is 1. The molecule has 1 aliphatic heterocycles. The number of hydrogen-bond donors (Lipinski definition) is 1. The summed E-state index contributed by atoms with van der Waals surface area (Å²) in [5.74, 6) is 0.335. The van der Waals surface area contributed by atoms with Crippen LogP contribution in [0, 0.1) is 6.92 Å². The standard InChI is InChI=1S/C18H25N5O/c1-13(2)17-16(14(3)20-21-17)18(24)23-10-8-22(9-11-23)12-15-6-4-5-7-19-15/h4-7,13H,8-12H2,1-3H3,(H,20,21). The Balaban J connectivity index is 1.62. The molecule has 0 aliphatic carbocycles. The van der Waals surface area contributed by atoms with Gasteiger partial charge >= 0.3 is 0 Å². The van der Waals surface area contributed by atoms with E-state index in [0.717, 1.165) is 55.4 Å². The fraction of sp³-hybridized carbons (Fsp3) is 0.500. The maximum atomic E-state index is 12.9. The Morgan fingerprint density at radius 1 is 1.25 bits per heavy atom. The Hall–Kier alpha value is -2.21. The first-order valence-corrected chi connectivity index (χ1v) is 8.52. The molecule has 2 aromatic heterocycles. The number of amides is 1. The first-order chi connectivity index (χ1) is 11.6. The van der Waals surface area contributed by atoms with E-state index in [0.29, 0.717) is 0 Å². The predicted octanol–water partition coefficient (Wildman–Crippen LogP) is 2.19. The molecular formula is C18H25N5O. The zero-order valence-corrected chi connectivity index (χ0v) is 14.6. The van der Waals surface area contributed by atoms with Gasteiger partial charge < -0.3 is 4.90 Å². The molecule has 0 atom stereocenters. The molecule has 0 aromatic carbocycles. The summed E-state index contributed by atoms with van der Waals surface area (Å²) in [5, 5.41) is 7.27. The number of nitrogens with zero attached hydrogens (tertiary/aromatic N) is 4. The van der Waals surface area contributed by atoms with Crippen LogP contribution in [0.1, 0.15) is 47.2 Å². The van der Waals surface area contributed by atoms with Gasteiger partial charge in [0.1, 0.15) is 0 Å². The van der Waals surface area contributed by atoms with E-state index in [1.54, 1.807) is 0 Å². The molecule has 1 aliphatic rings. The number of aromatic amines is 1. The van der Waals surface area contributed by atoms with Gasteiger partial charge in [-0.2, -0.15) is 5.10 Å². The quantitative estimate of drug-likeness (QED) is 0.935. The molecule has 6 nitrogen and oxygen atoms in total. The summed E-state index contributed by atoms with van der Waals surface area (Å²) < 4.78 is 0. The Morgan fingerprint density at radius 3 is 2.62 bits per heavy atom. The van der Waals surface area contributed by atoms with Crippen LogP contribution < -0.4 is 0 Å². The van der Waals surface area contributed by atoms with E-state index >= 15 is 0 Å². The highest BCUT2D eigenvalue weighted by Gasteiger charge is 2.27. The largest absolute Gasteiger partial charge is 0.336 e. The molecular weight excluding hydrogens is 302 g/mol. The molecule has 0 spiro atoms. The van der Waals surface area contributed by atoms with Gasteiger partial charge in [-0.3, -0.25) is 19.8 Å². The summed E-state index contributed by atoms with van der Waals surface area (Å²) in [5.41, 5.74) is 3.56. The van der Waals surface area contributed by atoms with Crippen LogP contribution in [0.5, 0.6) is 0 Å². The fourth-order valence-corrected chi connectivity index (χ4v) is 3.12. The summed E-state index contributed by atoms with van der Waals surface area (Å²) in [4.78, 5) is 21.6. The average Bonchev–Trinajstić information content (AvgIpc) is 2.98. The highest BCUT2D eigenvalue weighted by atomic mass is 16.2. The first kappa shape index (κ1) is 16.6. The second-order valence-electron chi connectivity index (χ2n) is 6.65. The molecule has 3 heterocycles. The van der Waals surface area contributed by atoms with Gasteiger partial charge in [0.05, 0.1) is 17.0 Å². The third kappa shape index (κ3) is 3.48. The van der Waals surface area contributed by atoms with Crippen molar-refractivity contribution in [3.8, 4) is 0 Å². The second kappa shape index (κ2) is 7.13. The maximum absolute atomic E-state index is 12.9. The van der Waals surface area contributed by atoms with Crippen LogP contribution in [0.15, 0.2) is 24.4 Å². The van der Waals surface area contributed by atoms with Crippen molar-refractivity contribution in [3.05, 3.63) is 47.0 Å². The van der Waals surface area contributed by atoms with Crippen molar-refractivity contribution in [2.24, 2.45) is 0 Å². The van der Waals surface area contributed by atoms with Gasteiger partial charge in [-0.25, -0.2) is 0 Å². The average molecular weight is 327 g/mol. The molecule has 3 rings (SSSR count). The molecule has 1 fully saturated rings. The van der Waals surface area contributed by atoms with E-state index in [9.17, 15) is 4.79 Å². The topological polar surface area (TPSA) is 65.1 Å². The molecule has 1 saturated heterocycles. The van der Waals surface area contributed by atoms with Gasteiger partial charge in [-0.1, -0.05) is 19.9 Å². The smallest absolute Gasteiger partial charge is 0.257 e. The highest BCUT2D eigenvalue weighted by Crippen LogP contribution is 2.22. The van der Waals surface area contributed by atoms with Crippen LogP contribution in [0.2, 0.25) is 0 Å². The third-order valence-corrected chi connectivity index (χ3v) is 4.51. The van der Waals surface area contributed by atoms with E-state index in [2.05, 4.69) is 33.9 Å². The minimum atomic E-state index is 0.0995. The molecule has 0 saturated carbocycles. The van der Waals surface area contributed by atoms with E-state index < -0.39 is 0 Å². The molecule has 1 amide bonds. The molecule has 24 heavy (non-hydrogen) atoms. The molecule has 128 valence electrons. The molecule has 2 aromatic rings. The van der Waals surface area contributed by atoms with E-state index in [-0.39, 0.29) is 11.8 Å². The normalized spacial score (nSPS) is 15.9. The van der Waals surface area contributed by atoms with E-state index in [1.165, 1.54) is 0 Å². The molecule has 1 N–H and O–H groups in total. The monoisotopic (exact) mass is 327 g/mol. The Morgan fingerprint density at radius 2 is 2.00 bits per heavy atom. The lowest BCUT2D eigenvalue weighted by Crippen LogP contribution is -2.48. The number of carbonyl (C=O) groups excluding carboxylic acids is 1. The van der Waals surface area contributed by atoms with Crippen molar-refractivity contribution >= 4 is 5.91 Å². The summed E-state index contributed by atoms with van der Waals surface area (Å²) in [7, 11) is 0. The number of aromatic nitrogens is 3. The van der Waals surface area contributed by atoms with Crippen LogP contribution in [-0.2, 0) is 6.54 Å². The fourth-order valence-electron chi connectivity index (χ4n) is 3.12. The van der Waals surface area contributed by atoms with Gasteiger partial charge in [0, 0.05) is 44.6 Å². The number of carbonyl (C=O) groups is 1. The molecule has 0 unspecified atom stereocenters. The Labute approximate surface area is 142 Å². The van der Waals surface area contributed by atoms with Gasteiger partial charge in [-0.15, -0.1) is 0 Å². The third-order valence-electron chi connectivity index (χ3n) is 4.51. The van der Waals surface area contributed by atoms with Crippen molar-refractivity contribution in [3.63, 3.8) is 0 Å². The zero-order valence-electron chi connectivity index (χ0n) is 14.6. The lowest BCUT2D eigenvalue weighted by atomic mass is 10.0. The number of nitrogens with one attached hydrogen (secondary N) is 1. The maximum Gasteiger partial charge on any atom is 0.257 e. The van der Waals surface area contributed by atoms with Crippen LogP contribution in [0.25, 0.3) is 0 Å². The number of rotatable bonds is 4. The van der Waals surface area contributed by atoms with E-state index in [1.807, 2.05) is 36.2 Å². The number of piperazine rings is 1. The van der Waals surface area contributed by atoms with Crippen molar-refractivity contribution < 1.29 is 4.79 Å². The van der Waals surface area contributed by atoms with Crippen LogP contribution >= 0.6 is 0 Å². The van der Waals surface area contributed by atoms with Gasteiger partial charge in [-0.05, 0) is 25.0 Å². The second-order valence-corrected chi connectivity index (χ2v) is 6.65. The number of aryl methyl sites for hydroxylation is 1. The molecule has 0 radical (unpaired) electrons. The van der Waals surface area contributed by atoms with Crippen molar-refractivity contribution in [2.45, 2.75) is 33.2 Å². The summed E-state index contributed by atoms with van der Waals surface area (Å²) in [6.45, 7) is 10.1. The van der Waals surface area contributed by atoms with Gasteiger partial charge in [0.25, 0.3) is 5.91 Å². The van der Waals surface area contributed by atoms with Crippen molar-refractivity contribution in [1.29, 1.82) is 0 Å². The summed E-state index contributed by atoms with van der Waals surface area (Å²) >= 11 is 0. The highest BCUT2D eigenvalue weighted by molar-refractivity contribution is 5.96. The van der Waals surface area contributed by atoms with Crippen molar-refractivity contribution in [2.75, 3.05) is 26.2 Å². The van der Waals surface area contributed by atoms with Crippen LogP contribution in [0.4, 0.5) is 0 Å². The van der Waals surface area contributed by atoms with Gasteiger partial charge in [0.15, 0.2) is 0 Å². The molecule has 0 bridgehead atoms. The minimum Gasteiger partial charge on any atom is -0.336 e. The lowest BCUT2D eigenvalue weighted by Gasteiger charge is -2.34. The minimum absolute atomic E-state index is 0.0995. The van der Waals surface area contributed by atoms with Crippen LogP contribution in [0.3, 0.4) is 0 Å². The zero-order chi connectivity index (χ0) is 17.1. The summed E-state index contributed by atoms with van der Waals surface area (Å²) in [6.07, 6.45) is 1.82. The Bertz CT molecular complexity index is 687. The molecule has 6 heteroatoms. The Kier molecular flexibility index (Phi) is 4.94. The first-order valence-electron chi connectivity index (χ1n) is 8.52. The lowest BCUT2D eigenvalue weighted by molar-refractivity contribution is 0.0625. The predicted molar refractivity (Wildman–Crippen MR) is 92.8 cm³/mol. The van der Waals surface area contributed by atoms with E-state index in [4.69, 9.17) is 0 Å². The SMILES string of the molecule is Cc1[nH]nc(C(C)C)c1C(=O)N1CCN(Cc2ccccn2)CC1. The van der Waals surface area contributed by atoms with Crippen LogP contribution in [-0.4, -0.2) is 57.1 Å². The van der Waals surface area contributed by atoms with Gasteiger partial charge in [0.2, 0.25) is 0 Å². The summed E-state index contributed by atoms with van der Waals surface area (Å²) in [6, 6.07) is 5.98. The number of hydrogen-bond acceptors (Lipinski definition) is 4. The number of H-pyrrole nitrogens is 1.